The molecule has 1 atom stereocenters. The topological polar surface area (TPSA) is 92.0 Å². The number of aromatic amines is 1. The Morgan fingerprint density at radius 1 is 1.79 bits per heavy atom. The molecule has 1 heterocycles. The lowest BCUT2D eigenvalue weighted by molar-refractivity contribution is -0.138. The number of rotatable bonds is 4. The normalized spacial score (nSPS) is 18.1. The van der Waals surface area contributed by atoms with Crippen LogP contribution in [0.4, 0.5) is 0 Å². The van der Waals surface area contributed by atoms with Gasteiger partial charge in [0.05, 0.1) is 12.1 Å². The van der Waals surface area contributed by atoms with Gasteiger partial charge in [0, 0.05) is 23.7 Å². The van der Waals surface area contributed by atoms with Gasteiger partial charge in [0.25, 0.3) is 0 Å². The van der Waals surface area contributed by atoms with Gasteiger partial charge in [-0.2, -0.15) is 5.10 Å². The molecule has 0 bridgehead atoms. The van der Waals surface area contributed by atoms with Crippen molar-refractivity contribution < 1.29 is 9.90 Å². The number of nitrogens with two attached hydrogens (primary N) is 1. The predicted octanol–water partition coefficient (Wildman–Crippen LogP) is 0.414. The summed E-state index contributed by atoms with van der Waals surface area (Å²) < 4.78 is 0. The molecular weight excluding hydrogens is 182 g/mol. The second-order valence-corrected chi connectivity index (χ2v) is 3.64. The Balaban J connectivity index is 2.28. The summed E-state index contributed by atoms with van der Waals surface area (Å²) in [6.45, 7) is 0.120. The van der Waals surface area contributed by atoms with Crippen LogP contribution in [0.15, 0.2) is 6.20 Å². The summed E-state index contributed by atoms with van der Waals surface area (Å²) in [7, 11) is 0. The molecule has 1 saturated carbocycles. The van der Waals surface area contributed by atoms with Crippen LogP contribution >= 0.6 is 0 Å². The van der Waals surface area contributed by atoms with Crippen LogP contribution in [0.1, 0.15) is 35.9 Å². The first-order chi connectivity index (χ1) is 6.74. The summed E-state index contributed by atoms with van der Waals surface area (Å²) >= 11 is 0. The zero-order valence-corrected chi connectivity index (χ0v) is 7.73. The van der Waals surface area contributed by atoms with Gasteiger partial charge in [0.15, 0.2) is 0 Å². The van der Waals surface area contributed by atoms with Gasteiger partial charge in [-0.25, -0.2) is 0 Å². The lowest BCUT2D eigenvalue weighted by atomic mass is 9.98. The molecule has 1 unspecified atom stereocenters. The molecule has 76 valence electrons. The zero-order valence-electron chi connectivity index (χ0n) is 7.73. The van der Waals surface area contributed by atoms with E-state index in [-0.39, 0.29) is 6.54 Å². The maximum absolute atomic E-state index is 10.9. The van der Waals surface area contributed by atoms with Gasteiger partial charge < -0.3 is 10.8 Å². The maximum atomic E-state index is 10.9. The number of carboxylic acids is 1. The van der Waals surface area contributed by atoms with E-state index in [1.54, 1.807) is 6.20 Å². The number of nitrogens with zero attached hydrogens (tertiary/aromatic N) is 1. The highest BCUT2D eigenvalue weighted by atomic mass is 16.4. The first-order valence-corrected chi connectivity index (χ1v) is 4.70. The van der Waals surface area contributed by atoms with Crippen LogP contribution < -0.4 is 5.73 Å². The minimum atomic E-state index is -0.879. The van der Waals surface area contributed by atoms with Crippen LogP contribution in [-0.4, -0.2) is 27.8 Å². The molecule has 0 radical (unpaired) electrons. The average Bonchev–Trinajstić information content (AvgIpc) is 2.88. The van der Waals surface area contributed by atoms with E-state index in [9.17, 15) is 4.79 Å². The van der Waals surface area contributed by atoms with Crippen molar-refractivity contribution in [1.29, 1.82) is 0 Å². The molecule has 1 aromatic rings. The van der Waals surface area contributed by atoms with E-state index in [2.05, 4.69) is 10.2 Å². The second-order valence-electron chi connectivity index (χ2n) is 3.64. The van der Waals surface area contributed by atoms with Gasteiger partial charge in [-0.1, -0.05) is 0 Å². The number of hydrogen-bond acceptors (Lipinski definition) is 3. The zero-order chi connectivity index (χ0) is 10.1. The van der Waals surface area contributed by atoms with E-state index in [4.69, 9.17) is 10.8 Å². The van der Waals surface area contributed by atoms with Crippen molar-refractivity contribution in [2.75, 3.05) is 6.54 Å². The number of carboxylic acid groups (broad SMARTS) is 1. The molecule has 0 spiro atoms. The van der Waals surface area contributed by atoms with E-state index in [0.29, 0.717) is 5.92 Å². The summed E-state index contributed by atoms with van der Waals surface area (Å²) in [4.78, 5) is 10.9. The van der Waals surface area contributed by atoms with Crippen LogP contribution in [0, 0.1) is 0 Å². The van der Waals surface area contributed by atoms with Gasteiger partial charge in [-0.15, -0.1) is 0 Å². The molecule has 0 aromatic carbocycles. The molecule has 2 rings (SSSR count). The summed E-state index contributed by atoms with van der Waals surface area (Å²) in [5, 5.41) is 15.7. The van der Waals surface area contributed by atoms with Gasteiger partial charge in [-0.3, -0.25) is 9.89 Å². The van der Waals surface area contributed by atoms with Crippen LogP contribution in [0.3, 0.4) is 0 Å². The Bertz CT molecular complexity index is 344. The summed E-state index contributed by atoms with van der Waals surface area (Å²) in [5.74, 6) is -1.03. The Morgan fingerprint density at radius 3 is 3.00 bits per heavy atom. The van der Waals surface area contributed by atoms with Crippen molar-refractivity contribution in [1.82, 2.24) is 10.2 Å². The van der Waals surface area contributed by atoms with Crippen molar-refractivity contribution in [2.45, 2.75) is 24.7 Å². The molecule has 4 N–H and O–H groups in total. The van der Waals surface area contributed by atoms with Crippen molar-refractivity contribution in [3.63, 3.8) is 0 Å². The molecule has 1 aliphatic carbocycles. The Morgan fingerprint density at radius 2 is 2.50 bits per heavy atom. The molecular formula is C9H13N3O2. The lowest BCUT2D eigenvalue weighted by Crippen LogP contribution is -2.21. The third-order valence-electron chi connectivity index (χ3n) is 2.59. The molecule has 0 amide bonds. The fourth-order valence-corrected chi connectivity index (χ4v) is 1.64. The fraction of sp³-hybridized carbons (Fsp3) is 0.556. The standard InChI is InChI=1S/C9H13N3O2/c10-3-6(9(13)14)7-4-11-12-8(7)5-1-2-5/h4-6H,1-3,10H2,(H,11,12)(H,13,14). The van der Waals surface area contributed by atoms with E-state index in [1.165, 1.54) is 0 Å². The summed E-state index contributed by atoms with van der Waals surface area (Å²) in [5.41, 5.74) is 7.15. The maximum Gasteiger partial charge on any atom is 0.312 e. The van der Waals surface area contributed by atoms with Crippen LogP contribution in [-0.2, 0) is 4.79 Å². The second kappa shape index (κ2) is 3.42. The average molecular weight is 195 g/mol. The molecule has 1 fully saturated rings. The molecule has 0 saturated heterocycles. The van der Waals surface area contributed by atoms with Gasteiger partial charge >= 0.3 is 5.97 Å². The first-order valence-electron chi connectivity index (χ1n) is 4.70. The van der Waals surface area contributed by atoms with Crippen molar-refractivity contribution in [3.05, 3.63) is 17.5 Å². The molecule has 1 aliphatic rings. The first kappa shape index (κ1) is 9.21. The molecule has 14 heavy (non-hydrogen) atoms. The Hall–Kier alpha value is -1.36. The molecule has 1 aromatic heterocycles. The molecule has 5 nitrogen and oxygen atoms in total. The molecule has 0 aliphatic heterocycles. The fourth-order valence-electron chi connectivity index (χ4n) is 1.64. The number of carbonyl (C=O) groups is 1. The third-order valence-corrected chi connectivity index (χ3v) is 2.59. The monoisotopic (exact) mass is 195 g/mol. The largest absolute Gasteiger partial charge is 0.481 e. The highest BCUT2D eigenvalue weighted by Gasteiger charge is 2.32. The SMILES string of the molecule is NCC(C(=O)O)c1cn[nH]c1C1CC1. The van der Waals surface area contributed by atoms with Gasteiger partial charge in [0.2, 0.25) is 0 Å². The minimum absolute atomic E-state index is 0.120. The highest BCUT2D eigenvalue weighted by Crippen LogP contribution is 2.41. The number of aromatic nitrogens is 2. The van der Waals surface area contributed by atoms with Crippen LogP contribution in [0.5, 0.6) is 0 Å². The van der Waals surface area contributed by atoms with Crippen LogP contribution in [0.25, 0.3) is 0 Å². The quantitative estimate of drug-likeness (QED) is 0.649. The van der Waals surface area contributed by atoms with E-state index < -0.39 is 11.9 Å². The Kier molecular flexibility index (Phi) is 2.25. The number of H-pyrrole nitrogens is 1. The van der Waals surface area contributed by atoms with Crippen LogP contribution in [0.2, 0.25) is 0 Å². The highest BCUT2D eigenvalue weighted by molar-refractivity contribution is 5.76. The number of hydrogen-bond donors (Lipinski definition) is 3. The van der Waals surface area contributed by atoms with Crippen molar-refractivity contribution in [3.8, 4) is 0 Å². The van der Waals surface area contributed by atoms with Crippen molar-refractivity contribution in [2.24, 2.45) is 5.73 Å². The third kappa shape index (κ3) is 1.50. The number of nitrogens with one attached hydrogen (secondary N) is 1. The minimum Gasteiger partial charge on any atom is -0.481 e. The summed E-state index contributed by atoms with van der Waals surface area (Å²) in [6, 6.07) is 0. The van der Waals surface area contributed by atoms with Gasteiger partial charge in [0.1, 0.15) is 0 Å². The predicted molar refractivity (Wildman–Crippen MR) is 50.0 cm³/mol. The van der Waals surface area contributed by atoms with Crippen molar-refractivity contribution >= 4 is 5.97 Å². The smallest absolute Gasteiger partial charge is 0.312 e. The number of aliphatic carboxylic acids is 1. The van der Waals surface area contributed by atoms with E-state index in [0.717, 1.165) is 24.1 Å². The van der Waals surface area contributed by atoms with E-state index in [1.807, 2.05) is 0 Å². The molecule has 5 heteroatoms. The lowest BCUT2D eigenvalue weighted by Gasteiger charge is -2.09. The Labute approximate surface area is 81.3 Å². The summed E-state index contributed by atoms with van der Waals surface area (Å²) in [6.07, 6.45) is 3.82. The van der Waals surface area contributed by atoms with Gasteiger partial charge in [-0.05, 0) is 12.8 Å². The van der Waals surface area contributed by atoms with E-state index >= 15 is 0 Å².